The fourth-order valence-corrected chi connectivity index (χ4v) is 5.22. The van der Waals surface area contributed by atoms with Crippen molar-refractivity contribution in [3.8, 4) is 5.75 Å². The van der Waals surface area contributed by atoms with Gasteiger partial charge in [-0.2, -0.15) is 4.31 Å². The molecule has 7 nitrogen and oxygen atoms in total. The molecule has 1 heterocycles. The number of nitrogens with two attached hydrogens (primary N) is 1. The summed E-state index contributed by atoms with van der Waals surface area (Å²) in [5.74, 6) is 0.179. The molecule has 0 spiro atoms. The summed E-state index contributed by atoms with van der Waals surface area (Å²) in [6.07, 6.45) is 0.342. The molecule has 0 bridgehead atoms. The van der Waals surface area contributed by atoms with E-state index in [-0.39, 0.29) is 42.3 Å². The van der Waals surface area contributed by atoms with Crippen molar-refractivity contribution < 1.29 is 23.1 Å². The van der Waals surface area contributed by atoms with Crippen LogP contribution >= 0.6 is 0 Å². The van der Waals surface area contributed by atoms with Crippen LogP contribution in [-0.4, -0.2) is 43.9 Å². The summed E-state index contributed by atoms with van der Waals surface area (Å²) in [6, 6.07) is 11.5. The smallest absolute Gasteiger partial charge is 0.249 e. The highest BCUT2D eigenvalue weighted by Gasteiger charge is 2.40. The summed E-state index contributed by atoms with van der Waals surface area (Å²) in [6.45, 7) is 4.32. The lowest BCUT2D eigenvalue weighted by atomic mass is 9.80. The highest BCUT2D eigenvalue weighted by atomic mass is 32.2. The number of carbonyl (C=O) groups is 1. The summed E-state index contributed by atoms with van der Waals surface area (Å²) in [7, 11) is -2.17. The molecule has 0 atom stereocenters. The third-order valence-corrected chi connectivity index (χ3v) is 7.64. The van der Waals surface area contributed by atoms with Crippen molar-refractivity contribution in [1.82, 2.24) is 4.31 Å². The average molecular weight is 433 g/mol. The van der Waals surface area contributed by atoms with Gasteiger partial charge in [0.1, 0.15) is 5.75 Å². The Morgan fingerprint density at radius 1 is 1.13 bits per heavy atom. The lowest BCUT2D eigenvalue weighted by Crippen LogP contribution is -2.45. The summed E-state index contributed by atoms with van der Waals surface area (Å²) < 4.78 is 32.4. The molecule has 8 heteroatoms. The van der Waals surface area contributed by atoms with Crippen molar-refractivity contribution in [3.63, 3.8) is 0 Å². The minimum Gasteiger partial charge on any atom is -0.497 e. The normalized spacial score (nSPS) is 17.1. The summed E-state index contributed by atoms with van der Waals surface area (Å²) in [5, 5.41) is 11.4. The van der Waals surface area contributed by atoms with Gasteiger partial charge in [0.05, 0.1) is 17.6 Å². The first-order valence-electron chi connectivity index (χ1n) is 9.89. The van der Waals surface area contributed by atoms with Crippen LogP contribution < -0.4 is 10.5 Å². The van der Waals surface area contributed by atoms with E-state index in [4.69, 9.17) is 10.5 Å². The van der Waals surface area contributed by atoms with Gasteiger partial charge in [0, 0.05) is 18.7 Å². The summed E-state index contributed by atoms with van der Waals surface area (Å²) in [5.41, 5.74) is 5.95. The molecule has 2 aromatic rings. The van der Waals surface area contributed by atoms with Gasteiger partial charge in [0.2, 0.25) is 15.9 Å². The number of carbonyl (C=O) groups excluding carboxylic acids is 1. The third-order valence-electron chi connectivity index (χ3n) is 5.72. The van der Waals surface area contributed by atoms with Crippen LogP contribution in [0.1, 0.15) is 54.1 Å². The van der Waals surface area contributed by atoms with Crippen molar-refractivity contribution in [2.24, 2.45) is 5.73 Å². The van der Waals surface area contributed by atoms with Gasteiger partial charge in [-0.3, -0.25) is 4.79 Å². The van der Waals surface area contributed by atoms with Crippen LogP contribution in [0, 0.1) is 0 Å². The monoisotopic (exact) mass is 432 g/mol. The minimum absolute atomic E-state index is 0.134. The summed E-state index contributed by atoms with van der Waals surface area (Å²) >= 11 is 0. The van der Waals surface area contributed by atoms with Gasteiger partial charge in [-0.15, -0.1) is 0 Å². The molecule has 162 valence electrons. The summed E-state index contributed by atoms with van der Waals surface area (Å²) in [4.78, 5) is 12.1. The zero-order valence-electron chi connectivity index (χ0n) is 17.5. The second kappa shape index (κ2) is 8.37. The van der Waals surface area contributed by atoms with Gasteiger partial charge in [0.15, 0.2) is 0 Å². The minimum atomic E-state index is -3.69. The second-order valence-corrected chi connectivity index (χ2v) is 9.87. The molecule has 0 aliphatic carbocycles. The number of benzene rings is 2. The zero-order chi connectivity index (χ0) is 22.1. The SMILES string of the molecule is COc1ccc(S(=O)(=O)N2CCC(O)(c3cc(C(C)C)ccc3C(N)=O)CC2)cc1. The maximum atomic E-state index is 13.0. The molecule has 1 amide bonds. The first-order chi connectivity index (χ1) is 14.1. The van der Waals surface area contributed by atoms with Crippen LogP contribution in [0.15, 0.2) is 47.4 Å². The molecule has 1 aliphatic heterocycles. The van der Waals surface area contributed by atoms with E-state index in [0.717, 1.165) is 5.56 Å². The van der Waals surface area contributed by atoms with E-state index in [9.17, 15) is 18.3 Å². The molecule has 2 aromatic carbocycles. The second-order valence-electron chi connectivity index (χ2n) is 7.94. The first kappa shape index (κ1) is 22.3. The molecular weight excluding hydrogens is 404 g/mol. The van der Waals surface area contributed by atoms with Gasteiger partial charge in [-0.1, -0.05) is 26.0 Å². The number of aliphatic hydroxyl groups is 1. The average Bonchev–Trinajstić information content (AvgIpc) is 2.73. The van der Waals surface area contributed by atoms with Crippen molar-refractivity contribution in [3.05, 3.63) is 59.2 Å². The van der Waals surface area contributed by atoms with Gasteiger partial charge >= 0.3 is 0 Å². The van der Waals surface area contributed by atoms with Crippen molar-refractivity contribution in [1.29, 1.82) is 0 Å². The number of nitrogens with zero attached hydrogens (tertiary/aromatic N) is 1. The molecule has 1 saturated heterocycles. The maximum Gasteiger partial charge on any atom is 0.249 e. The Balaban J connectivity index is 1.86. The molecule has 0 unspecified atom stereocenters. The number of ether oxygens (including phenoxy) is 1. The number of amides is 1. The number of rotatable bonds is 6. The standard InChI is InChI=1S/C22H28N2O5S/c1-15(2)16-4-9-19(21(23)25)20(14-16)22(26)10-12-24(13-11-22)30(27,28)18-7-5-17(29-3)6-8-18/h4-9,14-15,26H,10-13H2,1-3H3,(H2,23,25). The molecule has 0 saturated carbocycles. The largest absolute Gasteiger partial charge is 0.497 e. The molecule has 1 fully saturated rings. The first-order valence-corrected chi connectivity index (χ1v) is 11.3. The van der Waals surface area contributed by atoms with E-state index in [1.165, 1.54) is 23.5 Å². The Morgan fingerprint density at radius 2 is 1.73 bits per heavy atom. The Bertz CT molecular complexity index is 1020. The van der Waals surface area contributed by atoms with E-state index in [2.05, 4.69) is 0 Å². The van der Waals surface area contributed by atoms with Crippen molar-refractivity contribution >= 4 is 15.9 Å². The maximum absolute atomic E-state index is 13.0. The van der Waals surface area contributed by atoms with E-state index in [1.807, 2.05) is 26.0 Å². The quantitative estimate of drug-likeness (QED) is 0.729. The number of hydrogen-bond donors (Lipinski definition) is 2. The molecule has 3 N–H and O–H groups in total. The molecule has 3 rings (SSSR count). The Kier molecular flexibility index (Phi) is 6.21. The lowest BCUT2D eigenvalue weighted by molar-refractivity contribution is -0.0103. The fourth-order valence-electron chi connectivity index (χ4n) is 3.78. The van der Waals surface area contributed by atoms with Crippen LogP contribution in [0.5, 0.6) is 5.75 Å². The number of methoxy groups -OCH3 is 1. The van der Waals surface area contributed by atoms with Crippen LogP contribution in [0.4, 0.5) is 0 Å². The molecule has 0 aromatic heterocycles. The van der Waals surface area contributed by atoms with Gasteiger partial charge in [-0.05, 0) is 60.2 Å². The van der Waals surface area contributed by atoms with Crippen molar-refractivity contribution in [2.45, 2.75) is 43.1 Å². The Hall–Kier alpha value is -2.42. The van der Waals surface area contributed by atoms with E-state index < -0.39 is 21.5 Å². The van der Waals surface area contributed by atoms with Gasteiger partial charge in [-0.25, -0.2) is 8.42 Å². The highest BCUT2D eigenvalue weighted by molar-refractivity contribution is 7.89. The third kappa shape index (κ3) is 4.21. The van der Waals surface area contributed by atoms with E-state index in [0.29, 0.717) is 11.3 Å². The lowest BCUT2D eigenvalue weighted by Gasteiger charge is -2.38. The Morgan fingerprint density at radius 3 is 2.23 bits per heavy atom. The van der Waals surface area contributed by atoms with Crippen LogP contribution in [0.2, 0.25) is 0 Å². The molecular formula is C22H28N2O5S. The molecule has 1 aliphatic rings. The van der Waals surface area contributed by atoms with Crippen LogP contribution in [0.25, 0.3) is 0 Å². The Labute approximate surface area is 177 Å². The van der Waals surface area contributed by atoms with E-state index in [1.54, 1.807) is 18.2 Å². The fraction of sp³-hybridized carbons (Fsp3) is 0.409. The van der Waals surface area contributed by atoms with Crippen LogP contribution in [0.3, 0.4) is 0 Å². The van der Waals surface area contributed by atoms with Gasteiger partial charge in [0.25, 0.3) is 0 Å². The highest BCUT2D eigenvalue weighted by Crippen LogP contribution is 2.37. The topological polar surface area (TPSA) is 110 Å². The number of primary amides is 1. The number of sulfonamides is 1. The van der Waals surface area contributed by atoms with Crippen LogP contribution in [-0.2, 0) is 15.6 Å². The molecule has 0 radical (unpaired) electrons. The van der Waals surface area contributed by atoms with Crippen molar-refractivity contribution in [2.75, 3.05) is 20.2 Å². The van der Waals surface area contributed by atoms with E-state index >= 15 is 0 Å². The zero-order valence-corrected chi connectivity index (χ0v) is 18.3. The number of piperidine rings is 1. The van der Waals surface area contributed by atoms with Gasteiger partial charge < -0.3 is 15.6 Å². The predicted octanol–water partition coefficient (Wildman–Crippen LogP) is 2.59. The number of hydrogen-bond acceptors (Lipinski definition) is 5. The predicted molar refractivity (Wildman–Crippen MR) is 114 cm³/mol. The molecule has 30 heavy (non-hydrogen) atoms.